The monoisotopic (exact) mass is 387 g/mol. The fraction of sp³-hybridized carbons (Fsp3) is 0.524. The van der Waals surface area contributed by atoms with Crippen molar-refractivity contribution in [1.82, 2.24) is 15.2 Å². The van der Waals surface area contributed by atoms with Gasteiger partial charge in [-0.25, -0.2) is 4.39 Å². The Balaban J connectivity index is 1.57. The molecule has 0 bridgehead atoms. The molecule has 150 valence electrons. The molecule has 2 aromatic rings. The minimum Gasteiger partial charge on any atom is -0.381 e. The maximum Gasteiger partial charge on any atom is 0.252 e. The number of aromatic amines is 1. The molecule has 2 fully saturated rings. The second-order valence-electron chi connectivity index (χ2n) is 7.80. The second kappa shape index (κ2) is 8.01. The average Bonchev–Trinajstić information content (AvgIpc) is 2.72. The van der Waals surface area contributed by atoms with Crippen LogP contribution in [-0.4, -0.2) is 54.2 Å². The van der Waals surface area contributed by atoms with E-state index >= 15 is 0 Å². The Morgan fingerprint density at radius 3 is 2.68 bits per heavy atom. The highest BCUT2D eigenvalue weighted by atomic mass is 19.1. The highest BCUT2D eigenvalue weighted by molar-refractivity contribution is 6.05. The molecule has 28 heavy (non-hydrogen) atoms. The molecule has 0 radical (unpaired) electrons. The normalized spacial score (nSPS) is 20.2. The quantitative estimate of drug-likeness (QED) is 0.845. The van der Waals surface area contributed by atoms with Crippen LogP contribution in [0.1, 0.15) is 42.5 Å². The van der Waals surface area contributed by atoms with Gasteiger partial charge in [-0.3, -0.25) is 14.5 Å². The maximum atomic E-state index is 13.5. The van der Waals surface area contributed by atoms with E-state index in [1.54, 1.807) is 0 Å². The molecule has 4 rings (SSSR count). The molecule has 7 heteroatoms. The zero-order chi connectivity index (χ0) is 19.6. The number of carbonyl (C=O) groups is 1. The van der Waals surface area contributed by atoms with E-state index in [-0.39, 0.29) is 17.0 Å². The highest BCUT2D eigenvalue weighted by Crippen LogP contribution is 2.30. The van der Waals surface area contributed by atoms with Crippen LogP contribution in [0.15, 0.2) is 29.1 Å². The Morgan fingerprint density at radius 1 is 1.18 bits per heavy atom. The number of fused-ring (bicyclic) bond motifs is 1. The van der Waals surface area contributed by atoms with Crippen molar-refractivity contribution in [3.8, 4) is 0 Å². The average molecular weight is 387 g/mol. The number of H-pyrrole nitrogens is 1. The van der Waals surface area contributed by atoms with Crippen molar-refractivity contribution in [2.75, 3.05) is 32.8 Å². The molecule has 3 heterocycles. The predicted octanol–water partition coefficient (Wildman–Crippen LogP) is 2.43. The Kier molecular flexibility index (Phi) is 5.46. The Hall–Kier alpha value is -2.25. The predicted molar refractivity (Wildman–Crippen MR) is 105 cm³/mol. The molecular weight excluding hydrogens is 361 g/mol. The molecule has 0 spiro atoms. The van der Waals surface area contributed by atoms with Gasteiger partial charge in [0.1, 0.15) is 5.82 Å². The molecule has 1 amide bonds. The lowest BCUT2D eigenvalue weighted by Crippen LogP contribution is -2.59. The van der Waals surface area contributed by atoms with E-state index in [2.05, 4.69) is 15.2 Å². The van der Waals surface area contributed by atoms with Crippen LogP contribution >= 0.6 is 0 Å². The van der Waals surface area contributed by atoms with E-state index in [4.69, 9.17) is 4.74 Å². The lowest BCUT2D eigenvalue weighted by atomic mass is 9.86. The van der Waals surface area contributed by atoms with Crippen LogP contribution < -0.4 is 10.9 Å². The fourth-order valence-electron chi connectivity index (χ4n) is 4.48. The van der Waals surface area contributed by atoms with Crippen molar-refractivity contribution >= 4 is 16.8 Å². The number of hydrogen-bond acceptors (Lipinski definition) is 4. The smallest absolute Gasteiger partial charge is 0.252 e. The number of piperidine rings is 1. The molecule has 0 saturated carbocycles. The summed E-state index contributed by atoms with van der Waals surface area (Å²) in [6, 6.07) is 5.35. The van der Waals surface area contributed by atoms with Gasteiger partial charge in [-0.15, -0.1) is 0 Å². The van der Waals surface area contributed by atoms with Gasteiger partial charge in [0.05, 0.1) is 11.1 Å². The number of aromatic nitrogens is 1. The van der Waals surface area contributed by atoms with Crippen LogP contribution in [0.5, 0.6) is 0 Å². The number of nitrogens with zero attached hydrogens (tertiary/aromatic N) is 1. The van der Waals surface area contributed by atoms with E-state index in [1.807, 2.05) is 0 Å². The SMILES string of the molecule is O=C(NCC1(N2CCCCC2)CCOCC1)c1cc(=O)[nH]c2cc(F)ccc12. The number of ether oxygens (including phenoxy) is 1. The van der Waals surface area contributed by atoms with Crippen molar-refractivity contribution < 1.29 is 13.9 Å². The van der Waals surface area contributed by atoms with E-state index in [9.17, 15) is 14.0 Å². The minimum atomic E-state index is -0.452. The van der Waals surface area contributed by atoms with Gasteiger partial charge in [0, 0.05) is 36.8 Å². The summed E-state index contributed by atoms with van der Waals surface area (Å²) in [6.07, 6.45) is 5.38. The molecule has 2 N–H and O–H groups in total. The summed E-state index contributed by atoms with van der Waals surface area (Å²) in [5.41, 5.74) is 0.0892. The first kappa shape index (κ1) is 19.1. The summed E-state index contributed by atoms with van der Waals surface area (Å²) < 4.78 is 19.1. The zero-order valence-electron chi connectivity index (χ0n) is 15.9. The number of hydrogen-bond donors (Lipinski definition) is 2. The molecule has 6 nitrogen and oxygen atoms in total. The number of carbonyl (C=O) groups excluding carboxylic acids is 1. The van der Waals surface area contributed by atoms with Crippen molar-refractivity contribution in [1.29, 1.82) is 0 Å². The Labute approximate surface area is 163 Å². The molecule has 0 aliphatic carbocycles. The minimum absolute atomic E-state index is 0.0998. The third kappa shape index (κ3) is 3.82. The first-order valence-electron chi connectivity index (χ1n) is 10.0. The van der Waals surface area contributed by atoms with Crippen molar-refractivity contribution in [2.45, 2.75) is 37.6 Å². The van der Waals surface area contributed by atoms with Gasteiger partial charge < -0.3 is 15.0 Å². The van der Waals surface area contributed by atoms with Crippen molar-refractivity contribution in [3.05, 3.63) is 46.0 Å². The summed E-state index contributed by atoms with van der Waals surface area (Å²) in [7, 11) is 0. The fourth-order valence-corrected chi connectivity index (χ4v) is 4.48. The number of nitrogens with one attached hydrogen (secondary N) is 2. The first-order valence-corrected chi connectivity index (χ1v) is 10.0. The zero-order valence-corrected chi connectivity index (χ0v) is 15.9. The van der Waals surface area contributed by atoms with E-state index in [0.717, 1.165) is 25.9 Å². The number of likely N-dealkylation sites (tertiary alicyclic amines) is 1. The summed E-state index contributed by atoms with van der Waals surface area (Å²) >= 11 is 0. The van der Waals surface area contributed by atoms with Gasteiger partial charge in [0.15, 0.2) is 0 Å². The lowest BCUT2D eigenvalue weighted by Gasteiger charge is -2.48. The van der Waals surface area contributed by atoms with E-state index < -0.39 is 11.4 Å². The maximum absolute atomic E-state index is 13.5. The van der Waals surface area contributed by atoms with Crippen molar-refractivity contribution in [3.63, 3.8) is 0 Å². The third-order valence-electron chi connectivity index (χ3n) is 6.08. The van der Waals surface area contributed by atoms with Crippen molar-refractivity contribution in [2.24, 2.45) is 0 Å². The molecule has 2 saturated heterocycles. The summed E-state index contributed by atoms with van der Waals surface area (Å²) in [4.78, 5) is 30.0. The second-order valence-corrected chi connectivity index (χ2v) is 7.80. The van der Waals surface area contributed by atoms with Crippen LogP contribution in [-0.2, 0) is 4.74 Å². The van der Waals surface area contributed by atoms with Crippen LogP contribution in [0.2, 0.25) is 0 Å². The molecule has 1 aromatic heterocycles. The first-order chi connectivity index (χ1) is 13.6. The van der Waals surface area contributed by atoms with Gasteiger partial charge >= 0.3 is 0 Å². The number of amides is 1. The summed E-state index contributed by atoms with van der Waals surface area (Å²) in [5, 5.41) is 3.60. The largest absolute Gasteiger partial charge is 0.381 e. The van der Waals surface area contributed by atoms with E-state index in [1.165, 1.54) is 43.5 Å². The van der Waals surface area contributed by atoms with Gasteiger partial charge in [-0.2, -0.15) is 0 Å². The molecular formula is C21H26FN3O3. The van der Waals surface area contributed by atoms with E-state index in [0.29, 0.717) is 30.7 Å². The van der Waals surface area contributed by atoms with Gasteiger partial charge in [-0.1, -0.05) is 6.42 Å². The molecule has 2 aliphatic heterocycles. The van der Waals surface area contributed by atoms with Crippen LogP contribution in [0.25, 0.3) is 10.9 Å². The molecule has 0 unspecified atom stereocenters. The van der Waals surface area contributed by atoms with Gasteiger partial charge in [0.2, 0.25) is 5.56 Å². The third-order valence-corrected chi connectivity index (χ3v) is 6.08. The van der Waals surface area contributed by atoms with Crippen LogP contribution in [0, 0.1) is 5.82 Å². The Bertz CT molecular complexity index is 915. The highest BCUT2D eigenvalue weighted by Gasteiger charge is 2.39. The van der Waals surface area contributed by atoms with Crippen LogP contribution in [0.3, 0.4) is 0 Å². The molecule has 1 aromatic carbocycles. The number of pyridine rings is 1. The summed E-state index contributed by atoms with van der Waals surface area (Å²) in [6.45, 7) is 4.00. The van der Waals surface area contributed by atoms with Gasteiger partial charge in [0.25, 0.3) is 5.91 Å². The standard InChI is InChI=1S/C21H26FN3O3/c22-15-4-5-16-17(13-19(26)24-18(16)12-15)20(27)23-14-21(6-10-28-11-7-21)25-8-2-1-3-9-25/h4-5,12-13H,1-3,6-11,14H2,(H,23,27)(H,24,26). The lowest BCUT2D eigenvalue weighted by molar-refractivity contribution is -0.0349. The number of benzene rings is 1. The van der Waals surface area contributed by atoms with Crippen LogP contribution in [0.4, 0.5) is 4.39 Å². The summed E-state index contributed by atoms with van der Waals surface area (Å²) in [5.74, 6) is -0.752. The Morgan fingerprint density at radius 2 is 1.93 bits per heavy atom. The molecule has 0 atom stereocenters. The molecule has 2 aliphatic rings. The van der Waals surface area contributed by atoms with Gasteiger partial charge in [-0.05, 0) is 57.0 Å². The number of halogens is 1. The number of rotatable bonds is 4. The topological polar surface area (TPSA) is 74.4 Å².